The van der Waals surface area contributed by atoms with Crippen molar-refractivity contribution in [3.63, 3.8) is 0 Å². The number of rotatable bonds is 6. The van der Waals surface area contributed by atoms with Crippen LogP contribution in [0.1, 0.15) is 21.5 Å². The number of carbonyl (C=O) groups is 3. The Labute approximate surface area is 184 Å². The van der Waals surface area contributed by atoms with Crippen molar-refractivity contribution < 1.29 is 23.9 Å². The Morgan fingerprint density at radius 1 is 0.875 bits per heavy atom. The van der Waals surface area contributed by atoms with Gasteiger partial charge in [0.2, 0.25) is 0 Å². The lowest BCUT2D eigenvalue weighted by Crippen LogP contribution is -2.32. The summed E-state index contributed by atoms with van der Waals surface area (Å²) in [6.07, 6.45) is 1.36. The average Bonchev–Trinajstić information content (AvgIpc) is 2.80. The number of hydrogen-bond acceptors (Lipinski definition) is 6. The minimum atomic E-state index is -0.923. The van der Waals surface area contributed by atoms with Crippen LogP contribution in [0.4, 0.5) is 5.69 Å². The number of hydrazone groups is 1. The molecule has 0 saturated heterocycles. The van der Waals surface area contributed by atoms with Gasteiger partial charge in [-0.05, 0) is 61.0 Å². The largest absolute Gasteiger partial charge is 0.497 e. The normalized spacial score (nSPS) is 10.4. The molecule has 0 aliphatic heterocycles. The molecular weight excluding hydrogens is 410 g/mol. The Bertz CT molecular complexity index is 1140. The number of anilines is 1. The van der Waals surface area contributed by atoms with Crippen molar-refractivity contribution in [2.24, 2.45) is 5.10 Å². The van der Waals surface area contributed by atoms with E-state index in [0.717, 1.165) is 5.56 Å². The van der Waals surface area contributed by atoms with E-state index in [1.54, 1.807) is 60.7 Å². The molecule has 3 aromatic carbocycles. The van der Waals surface area contributed by atoms with Crippen molar-refractivity contribution in [2.75, 3.05) is 12.4 Å². The number of carbonyl (C=O) groups excluding carboxylic acids is 3. The van der Waals surface area contributed by atoms with Crippen LogP contribution in [-0.4, -0.2) is 31.1 Å². The highest BCUT2D eigenvalue weighted by Gasteiger charge is 2.13. The number of esters is 1. The maximum absolute atomic E-state index is 12.1. The lowest BCUT2D eigenvalue weighted by Gasteiger charge is -2.06. The van der Waals surface area contributed by atoms with Gasteiger partial charge in [-0.3, -0.25) is 9.59 Å². The molecule has 0 atom stereocenters. The highest BCUT2D eigenvalue weighted by atomic mass is 16.5. The predicted octanol–water partition coefficient (Wildman–Crippen LogP) is 3.31. The summed E-state index contributed by atoms with van der Waals surface area (Å²) in [7, 11) is 1.50. The molecule has 8 nitrogen and oxygen atoms in total. The van der Waals surface area contributed by atoms with Crippen LogP contribution in [-0.2, 0) is 9.59 Å². The van der Waals surface area contributed by atoms with Crippen LogP contribution in [0.3, 0.4) is 0 Å². The van der Waals surface area contributed by atoms with Gasteiger partial charge in [0, 0.05) is 11.8 Å². The first-order valence-corrected chi connectivity index (χ1v) is 9.62. The molecule has 32 heavy (non-hydrogen) atoms. The maximum Gasteiger partial charge on any atom is 0.343 e. The van der Waals surface area contributed by atoms with Gasteiger partial charge < -0.3 is 14.8 Å². The van der Waals surface area contributed by atoms with E-state index in [1.165, 1.54) is 13.3 Å². The molecule has 0 unspecified atom stereocenters. The molecule has 0 aliphatic rings. The van der Waals surface area contributed by atoms with Gasteiger partial charge in [-0.1, -0.05) is 23.8 Å². The molecule has 0 saturated carbocycles. The smallest absolute Gasteiger partial charge is 0.343 e. The number of nitrogens with zero attached hydrogens (tertiary/aromatic N) is 1. The quantitative estimate of drug-likeness (QED) is 0.205. The van der Waals surface area contributed by atoms with Crippen molar-refractivity contribution in [2.45, 2.75) is 6.92 Å². The number of hydrogen-bond donors (Lipinski definition) is 2. The molecule has 2 N–H and O–H groups in total. The van der Waals surface area contributed by atoms with Crippen LogP contribution in [0, 0.1) is 6.92 Å². The SMILES string of the molecule is COc1cccc(NC(=O)C(=O)N/N=C\c2ccc(OC(=O)c3ccc(C)cc3)cc2)c1. The van der Waals surface area contributed by atoms with E-state index in [9.17, 15) is 14.4 Å². The molecule has 8 heteroatoms. The van der Waals surface area contributed by atoms with Crippen LogP contribution in [0.2, 0.25) is 0 Å². The van der Waals surface area contributed by atoms with E-state index in [-0.39, 0.29) is 0 Å². The number of methoxy groups -OCH3 is 1. The number of amides is 2. The first-order chi connectivity index (χ1) is 15.4. The molecule has 0 fully saturated rings. The molecule has 0 aromatic heterocycles. The molecule has 0 aliphatic carbocycles. The molecule has 0 heterocycles. The second-order valence-electron chi connectivity index (χ2n) is 6.71. The Morgan fingerprint density at radius 2 is 1.59 bits per heavy atom. The zero-order chi connectivity index (χ0) is 22.9. The first-order valence-electron chi connectivity index (χ1n) is 9.62. The van der Waals surface area contributed by atoms with Crippen LogP contribution in [0.5, 0.6) is 11.5 Å². The zero-order valence-electron chi connectivity index (χ0n) is 17.5. The van der Waals surface area contributed by atoms with Crippen molar-refractivity contribution >= 4 is 29.7 Å². The molecular formula is C24H21N3O5. The maximum atomic E-state index is 12.1. The third-order valence-electron chi connectivity index (χ3n) is 4.29. The highest BCUT2D eigenvalue weighted by Crippen LogP contribution is 2.16. The summed E-state index contributed by atoms with van der Waals surface area (Å²) in [4.78, 5) is 36.0. The molecule has 3 rings (SSSR count). The van der Waals surface area contributed by atoms with Crippen LogP contribution in [0.15, 0.2) is 77.9 Å². The average molecular weight is 431 g/mol. The second kappa shape index (κ2) is 10.5. The van der Waals surface area contributed by atoms with Gasteiger partial charge in [-0.25, -0.2) is 10.2 Å². The lowest BCUT2D eigenvalue weighted by molar-refractivity contribution is -0.136. The molecule has 2 amide bonds. The van der Waals surface area contributed by atoms with Gasteiger partial charge in [-0.15, -0.1) is 0 Å². The Morgan fingerprint density at radius 3 is 2.28 bits per heavy atom. The molecule has 0 spiro atoms. The number of ether oxygens (including phenoxy) is 2. The molecule has 162 valence electrons. The van der Waals surface area contributed by atoms with Crippen LogP contribution >= 0.6 is 0 Å². The summed E-state index contributed by atoms with van der Waals surface area (Å²) < 4.78 is 10.4. The summed E-state index contributed by atoms with van der Waals surface area (Å²) in [5.41, 5.74) is 4.71. The first kappa shape index (κ1) is 22.2. The van der Waals surface area contributed by atoms with Crippen LogP contribution < -0.4 is 20.2 Å². The van der Waals surface area contributed by atoms with Gasteiger partial charge in [0.15, 0.2) is 0 Å². The third-order valence-corrected chi connectivity index (χ3v) is 4.29. The van der Waals surface area contributed by atoms with E-state index in [2.05, 4.69) is 15.8 Å². The van der Waals surface area contributed by atoms with E-state index in [0.29, 0.717) is 28.3 Å². The van der Waals surface area contributed by atoms with Crippen molar-refractivity contribution in [3.8, 4) is 11.5 Å². The minimum absolute atomic E-state index is 0.370. The monoisotopic (exact) mass is 431 g/mol. The fourth-order valence-electron chi connectivity index (χ4n) is 2.58. The number of nitrogens with one attached hydrogen (secondary N) is 2. The second-order valence-corrected chi connectivity index (χ2v) is 6.71. The Hall–Kier alpha value is -4.46. The van der Waals surface area contributed by atoms with Gasteiger partial charge >= 0.3 is 17.8 Å². The van der Waals surface area contributed by atoms with Crippen molar-refractivity contribution in [3.05, 3.63) is 89.5 Å². The van der Waals surface area contributed by atoms with Crippen molar-refractivity contribution in [1.29, 1.82) is 0 Å². The van der Waals surface area contributed by atoms with Crippen LogP contribution in [0.25, 0.3) is 0 Å². The van der Waals surface area contributed by atoms with E-state index < -0.39 is 17.8 Å². The van der Waals surface area contributed by atoms with Crippen molar-refractivity contribution in [1.82, 2.24) is 5.43 Å². The molecule has 3 aromatic rings. The Kier molecular flexibility index (Phi) is 7.32. The number of benzene rings is 3. The topological polar surface area (TPSA) is 106 Å². The van der Waals surface area contributed by atoms with Gasteiger partial charge in [0.25, 0.3) is 0 Å². The number of aryl methyl sites for hydroxylation is 1. The fraction of sp³-hybridized carbons (Fsp3) is 0.0833. The summed E-state index contributed by atoms with van der Waals surface area (Å²) >= 11 is 0. The summed E-state index contributed by atoms with van der Waals surface area (Å²) in [6.45, 7) is 1.94. The van der Waals surface area contributed by atoms with E-state index >= 15 is 0 Å². The van der Waals surface area contributed by atoms with Gasteiger partial charge in [-0.2, -0.15) is 5.10 Å². The van der Waals surface area contributed by atoms with Gasteiger partial charge in [0.05, 0.1) is 18.9 Å². The lowest BCUT2D eigenvalue weighted by atomic mass is 10.1. The minimum Gasteiger partial charge on any atom is -0.497 e. The van der Waals surface area contributed by atoms with E-state index in [1.807, 2.05) is 19.1 Å². The third kappa shape index (κ3) is 6.27. The standard InChI is InChI=1S/C24H21N3O5/c1-16-6-10-18(11-7-16)24(30)32-20-12-8-17(9-13-20)15-25-27-23(29)22(28)26-19-4-3-5-21(14-19)31-2/h3-15H,1-2H3,(H,26,28)(H,27,29)/b25-15-. The zero-order valence-corrected chi connectivity index (χ0v) is 17.5. The summed E-state index contributed by atoms with van der Waals surface area (Å²) in [6, 6.07) is 20.2. The molecule has 0 bridgehead atoms. The Balaban J connectivity index is 1.50. The highest BCUT2D eigenvalue weighted by molar-refractivity contribution is 6.39. The van der Waals surface area contributed by atoms with E-state index in [4.69, 9.17) is 9.47 Å². The fourth-order valence-corrected chi connectivity index (χ4v) is 2.58. The predicted molar refractivity (Wildman–Crippen MR) is 120 cm³/mol. The van der Waals surface area contributed by atoms with Gasteiger partial charge in [0.1, 0.15) is 11.5 Å². The molecule has 0 radical (unpaired) electrons. The summed E-state index contributed by atoms with van der Waals surface area (Å²) in [5, 5.41) is 6.22. The summed E-state index contributed by atoms with van der Waals surface area (Å²) in [5.74, 6) is -1.33.